The highest BCUT2D eigenvalue weighted by Gasteiger charge is 2.12. The van der Waals surface area contributed by atoms with E-state index < -0.39 is 21.7 Å². The maximum Gasteiger partial charge on any atom is 0.255 e. The summed E-state index contributed by atoms with van der Waals surface area (Å²) < 4.78 is 38.9. The van der Waals surface area contributed by atoms with Gasteiger partial charge in [-0.1, -0.05) is 11.6 Å². The lowest BCUT2D eigenvalue weighted by atomic mass is 10.2. The fourth-order valence-electron chi connectivity index (χ4n) is 1.72. The Morgan fingerprint density at radius 1 is 1.17 bits per heavy atom. The number of halogens is 2. The van der Waals surface area contributed by atoms with Gasteiger partial charge in [-0.3, -0.25) is 9.52 Å². The van der Waals surface area contributed by atoms with Crippen LogP contribution in [0, 0.1) is 5.82 Å². The third-order valence-electron chi connectivity index (χ3n) is 2.98. The van der Waals surface area contributed by atoms with E-state index in [1.54, 1.807) is 12.1 Å². The smallest absolute Gasteiger partial charge is 0.255 e. The molecule has 0 saturated carbocycles. The maximum absolute atomic E-state index is 13.9. The van der Waals surface area contributed by atoms with Crippen LogP contribution in [-0.2, 0) is 10.0 Å². The van der Waals surface area contributed by atoms with E-state index in [0.717, 1.165) is 6.07 Å². The number of hydrogen-bond acceptors (Lipinski definition) is 3. The molecule has 2 rings (SSSR count). The topological polar surface area (TPSA) is 75.3 Å². The predicted molar refractivity (Wildman–Crippen MR) is 88.9 cm³/mol. The van der Waals surface area contributed by atoms with E-state index in [2.05, 4.69) is 10.0 Å². The van der Waals surface area contributed by atoms with Crippen molar-refractivity contribution in [1.82, 2.24) is 0 Å². The van der Waals surface area contributed by atoms with Crippen LogP contribution in [0.2, 0.25) is 5.02 Å². The Balaban J connectivity index is 2.14. The molecule has 0 aliphatic heterocycles. The van der Waals surface area contributed by atoms with Gasteiger partial charge in [0.25, 0.3) is 5.91 Å². The summed E-state index contributed by atoms with van der Waals surface area (Å²) in [6.45, 7) is 1.45. The van der Waals surface area contributed by atoms with Crippen LogP contribution < -0.4 is 10.0 Å². The number of hydrogen-bond donors (Lipinski definition) is 2. The van der Waals surface area contributed by atoms with Crippen LogP contribution >= 0.6 is 11.6 Å². The summed E-state index contributed by atoms with van der Waals surface area (Å²) >= 11 is 5.74. The molecule has 0 spiro atoms. The fraction of sp³-hybridized carbons (Fsp3) is 0.133. The molecule has 1 amide bonds. The lowest BCUT2D eigenvalue weighted by Gasteiger charge is -2.10. The van der Waals surface area contributed by atoms with Crippen molar-refractivity contribution in [3.8, 4) is 0 Å². The first-order valence-corrected chi connectivity index (χ1v) is 8.70. The van der Waals surface area contributed by atoms with Crippen LogP contribution in [0.5, 0.6) is 0 Å². The second-order valence-corrected chi connectivity index (χ2v) is 7.11. The quantitative estimate of drug-likeness (QED) is 0.861. The second-order valence-electron chi connectivity index (χ2n) is 4.66. The van der Waals surface area contributed by atoms with Gasteiger partial charge in [0.1, 0.15) is 5.82 Å². The van der Waals surface area contributed by atoms with Gasteiger partial charge in [0, 0.05) is 16.3 Å². The van der Waals surface area contributed by atoms with E-state index in [4.69, 9.17) is 11.6 Å². The zero-order valence-electron chi connectivity index (χ0n) is 12.1. The summed E-state index contributed by atoms with van der Waals surface area (Å²) in [5.41, 5.74) is 0.406. The molecule has 0 heterocycles. The molecular formula is C15H14ClFN2O3S. The summed E-state index contributed by atoms with van der Waals surface area (Å²) in [4.78, 5) is 12.0. The van der Waals surface area contributed by atoms with Gasteiger partial charge < -0.3 is 5.32 Å². The second kappa shape index (κ2) is 6.97. The van der Waals surface area contributed by atoms with E-state index in [9.17, 15) is 17.6 Å². The Bertz CT molecular complexity index is 823. The molecule has 122 valence electrons. The van der Waals surface area contributed by atoms with E-state index in [0.29, 0.717) is 10.6 Å². The summed E-state index contributed by atoms with van der Waals surface area (Å²) in [5, 5.41) is 3.02. The number of benzene rings is 2. The molecule has 0 saturated heterocycles. The number of carbonyl (C=O) groups is 1. The molecule has 0 aromatic heterocycles. The highest BCUT2D eigenvalue weighted by atomic mass is 35.5. The van der Waals surface area contributed by atoms with Gasteiger partial charge in [-0.05, 0) is 49.4 Å². The van der Waals surface area contributed by atoms with Gasteiger partial charge in [-0.25, -0.2) is 12.8 Å². The molecule has 5 nitrogen and oxygen atoms in total. The van der Waals surface area contributed by atoms with Gasteiger partial charge in [-0.2, -0.15) is 0 Å². The SMILES string of the molecule is CCS(=O)(=O)Nc1ccc(NC(=O)c2ccc(Cl)cc2)cc1F. The van der Waals surface area contributed by atoms with Crippen molar-refractivity contribution >= 4 is 38.9 Å². The molecule has 0 fully saturated rings. The monoisotopic (exact) mass is 356 g/mol. The lowest BCUT2D eigenvalue weighted by molar-refractivity contribution is 0.102. The minimum Gasteiger partial charge on any atom is -0.322 e. The van der Waals surface area contributed by atoms with Crippen LogP contribution in [0.25, 0.3) is 0 Å². The summed E-state index contributed by atoms with van der Waals surface area (Å²) in [7, 11) is -3.57. The highest BCUT2D eigenvalue weighted by Crippen LogP contribution is 2.21. The molecule has 0 aliphatic carbocycles. The minimum atomic E-state index is -3.57. The summed E-state index contributed by atoms with van der Waals surface area (Å²) in [6, 6.07) is 9.92. The molecule has 0 bridgehead atoms. The highest BCUT2D eigenvalue weighted by molar-refractivity contribution is 7.92. The zero-order valence-corrected chi connectivity index (χ0v) is 13.7. The van der Waals surface area contributed by atoms with Gasteiger partial charge >= 0.3 is 0 Å². The Labute approximate surface area is 138 Å². The van der Waals surface area contributed by atoms with Crippen LogP contribution in [0.4, 0.5) is 15.8 Å². The molecule has 2 aromatic rings. The Morgan fingerprint density at radius 2 is 1.83 bits per heavy atom. The minimum absolute atomic E-state index is 0.165. The van der Waals surface area contributed by atoms with Crippen molar-refractivity contribution in [2.45, 2.75) is 6.92 Å². The van der Waals surface area contributed by atoms with Crippen LogP contribution in [-0.4, -0.2) is 20.1 Å². The van der Waals surface area contributed by atoms with Crippen molar-refractivity contribution < 1.29 is 17.6 Å². The number of anilines is 2. The number of sulfonamides is 1. The largest absolute Gasteiger partial charge is 0.322 e. The summed E-state index contributed by atoms with van der Waals surface area (Å²) in [6.07, 6.45) is 0. The van der Waals surface area contributed by atoms with Crippen LogP contribution in [0.15, 0.2) is 42.5 Å². The Kier molecular flexibility index (Phi) is 5.23. The Morgan fingerprint density at radius 3 is 2.39 bits per heavy atom. The van der Waals surface area contributed by atoms with Crippen molar-refractivity contribution in [1.29, 1.82) is 0 Å². The molecule has 0 radical (unpaired) electrons. The molecule has 8 heteroatoms. The normalized spacial score (nSPS) is 11.1. The van der Waals surface area contributed by atoms with E-state index in [1.165, 1.54) is 31.2 Å². The van der Waals surface area contributed by atoms with Crippen molar-refractivity contribution in [3.05, 3.63) is 58.9 Å². The first-order chi connectivity index (χ1) is 10.8. The fourth-order valence-corrected chi connectivity index (χ4v) is 2.49. The number of rotatable bonds is 5. The maximum atomic E-state index is 13.9. The van der Waals surface area contributed by atoms with Gasteiger partial charge in [-0.15, -0.1) is 0 Å². The first kappa shape index (κ1) is 17.2. The van der Waals surface area contributed by atoms with Gasteiger partial charge in [0.2, 0.25) is 10.0 Å². The van der Waals surface area contributed by atoms with Crippen molar-refractivity contribution in [3.63, 3.8) is 0 Å². The molecule has 2 N–H and O–H groups in total. The number of amides is 1. The molecule has 23 heavy (non-hydrogen) atoms. The van der Waals surface area contributed by atoms with Crippen molar-refractivity contribution in [2.75, 3.05) is 15.8 Å². The molecule has 2 aromatic carbocycles. The number of nitrogens with one attached hydrogen (secondary N) is 2. The summed E-state index contributed by atoms with van der Waals surface area (Å²) in [5.74, 6) is -1.37. The van der Waals surface area contributed by atoms with Gasteiger partial charge in [0.05, 0.1) is 11.4 Å². The van der Waals surface area contributed by atoms with E-state index >= 15 is 0 Å². The first-order valence-electron chi connectivity index (χ1n) is 6.67. The third kappa shape index (κ3) is 4.67. The molecule has 0 atom stereocenters. The predicted octanol–water partition coefficient (Wildman–Crippen LogP) is 3.49. The standard InChI is InChI=1S/C15H14ClFN2O3S/c1-2-23(21,22)19-14-8-7-12(9-13(14)17)18-15(20)10-3-5-11(16)6-4-10/h3-9,19H,2H2,1H3,(H,18,20). The van der Waals surface area contributed by atoms with Crippen molar-refractivity contribution in [2.24, 2.45) is 0 Å². The van der Waals surface area contributed by atoms with E-state index in [1.807, 2.05) is 0 Å². The number of carbonyl (C=O) groups excluding carboxylic acids is 1. The zero-order chi connectivity index (χ0) is 17.0. The van der Waals surface area contributed by atoms with Crippen LogP contribution in [0.3, 0.4) is 0 Å². The van der Waals surface area contributed by atoms with Gasteiger partial charge in [0.15, 0.2) is 0 Å². The molecule has 0 aliphatic rings. The molecule has 0 unspecified atom stereocenters. The Hall–Kier alpha value is -2.12. The third-order valence-corrected chi connectivity index (χ3v) is 4.52. The average molecular weight is 357 g/mol. The van der Waals surface area contributed by atoms with Crippen LogP contribution in [0.1, 0.15) is 17.3 Å². The lowest BCUT2D eigenvalue weighted by Crippen LogP contribution is -2.16. The molecular weight excluding hydrogens is 343 g/mol. The average Bonchev–Trinajstić information content (AvgIpc) is 2.50. The van der Waals surface area contributed by atoms with E-state index in [-0.39, 0.29) is 17.1 Å².